The molecule has 1 fully saturated rings. The molecule has 6 atom stereocenters. The maximum atomic E-state index is 14.2. The van der Waals surface area contributed by atoms with Gasteiger partial charge in [0.2, 0.25) is 5.79 Å². The lowest BCUT2D eigenvalue weighted by Crippen LogP contribution is -2.69. The number of aliphatic hydroxyl groups is 2. The number of amides is 1. The molecular formula is C47H57N3O12. The Morgan fingerprint density at radius 1 is 1.02 bits per heavy atom. The number of nitrogens with zero attached hydrogens (tertiary/aromatic N) is 3. The van der Waals surface area contributed by atoms with Gasteiger partial charge in [0.1, 0.15) is 40.4 Å². The molecule has 3 aliphatic rings. The SMILES string of the molecule is C=CCO[C@@]12Oc3ccc(Oc4ccc(OC)c(C=O)c4)cc3[C@H]3[C@H](CCCCO)[C@@H](CCCCO)C=C(C(=NOC(C)(C)C)C[C@@H]1N(C)C(=O)Oc1ccc([N+](=O)[O-])cc1)[C@H]32. The molecule has 0 aromatic heterocycles. The first-order chi connectivity index (χ1) is 29.8. The summed E-state index contributed by atoms with van der Waals surface area (Å²) in [5.74, 6) is -0.515. The van der Waals surface area contributed by atoms with E-state index in [0.29, 0.717) is 53.4 Å². The molecule has 1 aliphatic heterocycles. The van der Waals surface area contributed by atoms with Crippen LogP contribution in [-0.2, 0) is 9.57 Å². The number of hydrogen-bond donors (Lipinski definition) is 2. The summed E-state index contributed by atoms with van der Waals surface area (Å²) in [7, 11) is 3.09. The van der Waals surface area contributed by atoms with Crippen molar-refractivity contribution in [1.82, 2.24) is 4.90 Å². The van der Waals surface area contributed by atoms with Gasteiger partial charge in [-0.25, -0.2) is 4.79 Å². The third kappa shape index (κ3) is 9.96. The number of carbonyl (C=O) groups excluding carboxylic acids is 2. The van der Waals surface area contributed by atoms with E-state index in [-0.39, 0.29) is 55.4 Å². The van der Waals surface area contributed by atoms with Crippen molar-refractivity contribution < 1.29 is 53.2 Å². The maximum Gasteiger partial charge on any atom is 0.415 e. The first kappa shape index (κ1) is 45.7. The van der Waals surface area contributed by atoms with Crippen LogP contribution >= 0.6 is 0 Å². The van der Waals surface area contributed by atoms with E-state index in [1.807, 2.05) is 32.9 Å². The normalized spacial score (nSPS) is 23.2. The predicted molar refractivity (Wildman–Crippen MR) is 231 cm³/mol. The Balaban J connectivity index is 1.55. The monoisotopic (exact) mass is 855 g/mol. The number of unbranched alkanes of at least 4 members (excludes halogenated alkanes) is 2. The number of fused-ring (bicyclic) bond motifs is 2. The number of hydrogen-bond acceptors (Lipinski definition) is 13. The number of aldehydes is 1. The molecule has 0 saturated heterocycles. The molecular weight excluding hydrogens is 799 g/mol. The van der Waals surface area contributed by atoms with E-state index in [0.717, 1.165) is 36.8 Å². The van der Waals surface area contributed by atoms with Crippen LogP contribution in [0.3, 0.4) is 0 Å². The van der Waals surface area contributed by atoms with Crippen molar-refractivity contribution in [3.8, 4) is 28.7 Å². The van der Waals surface area contributed by atoms with E-state index in [1.165, 1.54) is 36.3 Å². The van der Waals surface area contributed by atoms with Crippen LogP contribution in [0.15, 0.2) is 90.1 Å². The summed E-state index contributed by atoms with van der Waals surface area (Å²) in [4.78, 5) is 44.5. The zero-order valence-electron chi connectivity index (χ0n) is 36.0. The van der Waals surface area contributed by atoms with E-state index < -0.39 is 34.4 Å². The van der Waals surface area contributed by atoms with Gasteiger partial charge in [-0.2, -0.15) is 0 Å². The van der Waals surface area contributed by atoms with E-state index in [4.69, 9.17) is 33.7 Å². The summed E-state index contributed by atoms with van der Waals surface area (Å²) in [6.45, 7) is 9.82. The lowest BCUT2D eigenvalue weighted by molar-refractivity contribution is -0.384. The van der Waals surface area contributed by atoms with E-state index in [2.05, 4.69) is 12.7 Å². The van der Waals surface area contributed by atoms with Gasteiger partial charge < -0.3 is 43.6 Å². The third-order valence-corrected chi connectivity index (χ3v) is 11.6. The van der Waals surface area contributed by atoms with Crippen molar-refractivity contribution in [3.63, 3.8) is 0 Å². The number of allylic oxidation sites excluding steroid dienone is 1. The number of nitro groups is 1. The lowest BCUT2D eigenvalue weighted by Gasteiger charge is -2.59. The van der Waals surface area contributed by atoms with Gasteiger partial charge in [0.05, 0.1) is 35.8 Å². The maximum absolute atomic E-state index is 14.2. The van der Waals surface area contributed by atoms with Crippen LogP contribution in [0.25, 0.3) is 0 Å². The average Bonchev–Trinajstić information content (AvgIpc) is 3.25. The van der Waals surface area contributed by atoms with E-state index in [1.54, 1.807) is 37.4 Å². The number of methoxy groups -OCH3 is 1. The van der Waals surface area contributed by atoms with E-state index in [9.17, 15) is 29.9 Å². The Morgan fingerprint density at radius 2 is 1.69 bits per heavy atom. The fourth-order valence-electron chi connectivity index (χ4n) is 8.92. The second kappa shape index (κ2) is 20.0. The van der Waals surface area contributed by atoms with Crippen molar-refractivity contribution in [2.45, 2.75) is 89.1 Å². The van der Waals surface area contributed by atoms with Crippen LogP contribution < -0.4 is 18.9 Å². The van der Waals surface area contributed by atoms with Crippen LogP contribution in [0.1, 0.15) is 87.6 Å². The van der Waals surface area contributed by atoms with Gasteiger partial charge in [-0.15, -0.1) is 6.58 Å². The van der Waals surface area contributed by atoms with Gasteiger partial charge in [0.25, 0.3) is 5.69 Å². The third-order valence-electron chi connectivity index (χ3n) is 11.6. The molecule has 15 nitrogen and oxygen atoms in total. The Morgan fingerprint density at radius 3 is 2.34 bits per heavy atom. The fraction of sp³-hybridized carbons (Fsp3) is 0.468. The fourth-order valence-corrected chi connectivity index (χ4v) is 8.92. The number of nitro benzene ring substituents is 1. The van der Waals surface area contributed by atoms with Gasteiger partial charge in [-0.1, -0.05) is 30.1 Å². The number of oxime groups is 1. The van der Waals surface area contributed by atoms with Crippen LogP contribution in [0.4, 0.5) is 10.5 Å². The summed E-state index contributed by atoms with van der Waals surface area (Å²) in [5.41, 5.74) is 1.83. The Bertz CT molecular complexity index is 2150. The largest absolute Gasteiger partial charge is 0.496 e. The number of likely N-dealkylation sites (N-methyl/N-ethyl adjacent to an activating group) is 1. The number of benzene rings is 3. The number of ether oxygens (including phenoxy) is 5. The molecule has 0 unspecified atom stereocenters. The Hall–Kier alpha value is -5.77. The zero-order valence-corrected chi connectivity index (χ0v) is 36.0. The van der Waals surface area contributed by atoms with Gasteiger partial charge in [0, 0.05) is 50.3 Å². The highest BCUT2D eigenvalue weighted by molar-refractivity contribution is 6.03. The first-order valence-corrected chi connectivity index (χ1v) is 21.0. The molecule has 6 rings (SSSR count). The minimum absolute atomic E-state index is 0.00192. The molecule has 15 heteroatoms. The summed E-state index contributed by atoms with van der Waals surface area (Å²) < 4.78 is 31.7. The second-order valence-electron chi connectivity index (χ2n) is 16.8. The molecule has 0 radical (unpaired) electrons. The molecule has 3 aromatic rings. The quantitative estimate of drug-likeness (QED) is 0.0384. The first-order valence-electron chi connectivity index (χ1n) is 21.0. The minimum atomic E-state index is -1.54. The highest BCUT2D eigenvalue weighted by Gasteiger charge is 2.65. The molecule has 2 aliphatic carbocycles. The number of rotatable bonds is 19. The molecule has 62 heavy (non-hydrogen) atoms. The van der Waals surface area contributed by atoms with Crippen molar-refractivity contribution in [1.29, 1.82) is 0 Å². The van der Waals surface area contributed by atoms with Gasteiger partial charge in [-0.05, 0) is 112 Å². The van der Waals surface area contributed by atoms with Crippen molar-refractivity contribution in [2.24, 2.45) is 22.9 Å². The highest BCUT2D eigenvalue weighted by atomic mass is 16.7. The molecule has 0 spiro atoms. The van der Waals surface area contributed by atoms with Crippen LogP contribution in [0.5, 0.6) is 28.7 Å². The molecule has 1 saturated carbocycles. The number of aliphatic hydroxyl groups excluding tert-OH is 2. The van der Waals surface area contributed by atoms with Crippen molar-refractivity contribution in [3.05, 3.63) is 106 Å². The molecule has 332 valence electrons. The predicted octanol–water partition coefficient (Wildman–Crippen LogP) is 8.77. The standard InChI is InChI=1S/C47H57N3O12/c1-7-24-58-47-42(49(5)45(54)60-33-16-14-32(15-17-33)50(55)56)28-39(48-62-46(2,3)4)37-26-30(12-8-10-22-51)36(13-9-11-23-52)43(44(37)47)38-27-35(19-21-41(38)61-47)59-34-18-20-40(57-6)31(25-34)29-53/h7,14-21,25-27,29-30,36,42-44,51-52H,1,8-13,22-24,28H2,2-6H3/t30-,36+,42-,43+,44+,47+/m0/s1. The van der Waals surface area contributed by atoms with Gasteiger partial charge >= 0.3 is 6.09 Å². The minimum Gasteiger partial charge on any atom is -0.496 e. The summed E-state index contributed by atoms with van der Waals surface area (Å²) in [6.07, 6.45) is 8.19. The summed E-state index contributed by atoms with van der Waals surface area (Å²) >= 11 is 0. The Labute approximate surface area is 362 Å². The van der Waals surface area contributed by atoms with Crippen LogP contribution in [-0.4, -0.2) is 89.5 Å². The topological polar surface area (TPSA) is 189 Å². The Kier molecular flexibility index (Phi) is 14.7. The molecule has 0 bridgehead atoms. The van der Waals surface area contributed by atoms with Crippen molar-refractivity contribution >= 4 is 23.8 Å². The lowest BCUT2D eigenvalue weighted by atomic mass is 9.55. The molecule has 3 aromatic carbocycles. The van der Waals surface area contributed by atoms with Gasteiger partial charge in [-0.3, -0.25) is 14.9 Å². The molecule has 1 heterocycles. The van der Waals surface area contributed by atoms with Crippen molar-refractivity contribution in [2.75, 3.05) is 34.0 Å². The molecule has 2 N–H and O–H groups in total. The zero-order chi connectivity index (χ0) is 44.6. The summed E-state index contributed by atoms with van der Waals surface area (Å²) in [5, 5.41) is 35.9. The molecule has 1 amide bonds. The highest BCUT2D eigenvalue weighted by Crippen LogP contribution is 2.62. The number of carbonyl (C=O) groups is 2. The van der Waals surface area contributed by atoms with Gasteiger partial charge in [0.15, 0.2) is 6.29 Å². The number of non-ortho nitro benzene ring substituents is 1. The average molecular weight is 856 g/mol. The van der Waals surface area contributed by atoms with E-state index >= 15 is 0 Å². The summed E-state index contributed by atoms with van der Waals surface area (Å²) in [6, 6.07) is 14.9. The van der Waals surface area contributed by atoms with Crippen LogP contribution in [0.2, 0.25) is 0 Å². The smallest absolute Gasteiger partial charge is 0.415 e. The second-order valence-corrected chi connectivity index (χ2v) is 16.8. The van der Waals surface area contributed by atoms with Crippen LogP contribution in [0, 0.1) is 27.9 Å².